The number of hydrogen-bond acceptors (Lipinski definition) is 2. The maximum Gasteiger partial charge on any atom is 0.0105 e. The van der Waals surface area contributed by atoms with Crippen LogP contribution in [-0.4, -0.2) is 30.6 Å². The molecule has 0 heterocycles. The highest BCUT2D eigenvalue weighted by atomic mass is 15.1. The molecule has 2 unspecified atom stereocenters. The average Bonchev–Trinajstić information content (AvgIpc) is 2.78. The van der Waals surface area contributed by atoms with Crippen molar-refractivity contribution in [2.24, 2.45) is 11.1 Å². The highest BCUT2D eigenvalue weighted by Gasteiger charge is 2.38. The van der Waals surface area contributed by atoms with E-state index in [0.717, 1.165) is 6.04 Å². The molecule has 2 atom stereocenters. The lowest BCUT2D eigenvalue weighted by atomic mass is 9.84. The number of nitrogens with two attached hydrogens (primary N) is 1. The van der Waals surface area contributed by atoms with Crippen molar-refractivity contribution in [3.63, 3.8) is 0 Å². The van der Waals surface area contributed by atoms with Crippen molar-refractivity contribution in [3.8, 4) is 0 Å². The highest BCUT2D eigenvalue weighted by Crippen LogP contribution is 2.38. The zero-order valence-corrected chi connectivity index (χ0v) is 10.3. The topological polar surface area (TPSA) is 29.3 Å². The van der Waals surface area contributed by atoms with Crippen molar-refractivity contribution < 1.29 is 0 Å². The van der Waals surface area contributed by atoms with Gasteiger partial charge in [-0.1, -0.05) is 26.2 Å². The van der Waals surface area contributed by atoms with Crippen molar-refractivity contribution >= 4 is 0 Å². The molecule has 0 radical (unpaired) electrons. The Morgan fingerprint density at radius 3 is 2.40 bits per heavy atom. The standard InChI is InChI=1S/C13H26N2/c1-13(9-5-8-12(13)14)10-15(2)11-6-3-4-7-11/h11-12H,3-10,14H2,1-2H3. The smallest absolute Gasteiger partial charge is 0.0105 e. The van der Waals surface area contributed by atoms with Crippen LogP contribution in [0.5, 0.6) is 0 Å². The van der Waals surface area contributed by atoms with Gasteiger partial charge in [0.15, 0.2) is 0 Å². The summed E-state index contributed by atoms with van der Waals surface area (Å²) in [6.07, 6.45) is 9.55. The van der Waals surface area contributed by atoms with Gasteiger partial charge < -0.3 is 10.6 Å². The number of rotatable bonds is 3. The third kappa shape index (κ3) is 2.36. The largest absolute Gasteiger partial charge is 0.327 e. The lowest BCUT2D eigenvalue weighted by Gasteiger charge is -2.36. The second kappa shape index (κ2) is 4.42. The molecule has 2 N–H and O–H groups in total. The first kappa shape index (κ1) is 11.4. The summed E-state index contributed by atoms with van der Waals surface area (Å²) in [5, 5.41) is 0. The van der Waals surface area contributed by atoms with Crippen molar-refractivity contribution in [1.29, 1.82) is 0 Å². The lowest BCUT2D eigenvalue weighted by molar-refractivity contribution is 0.140. The van der Waals surface area contributed by atoms with Gasteiger partial charge in [0.2, 0.25) is 0 Å². The van der Waals surface area contributed by atoms with Crippen LogP contribution in [0.2, 0.25) is 0 Å². The quantitative estimate of drug-likeness (QED) is 0.775. The van der Waals surface area contributed by atoms with E-state index in [-0.39, 0.29) is 0 Å². The molecule has 0 spiro atoms. The molecule has 0 aromatic rings. The Balaban J connectivity index is 1.89. The minimum atomic E-state index is 0.386. The number of nitrogens with zero attached hydrogens (tertiary/aromatic N) is 1. The van der Waals surface area contributed by atoms with Crippen LogP contribution in [0, 0.1) is 5.41 Å². The Bertz CT molecular complexity index is 211. The predicted octanol–water partition coefficient (Wildman–Crippen LogP) is 2.38. The van der Waals surface area contributed by atoms with Crippen LogP contribution >= 0.6 is 0 Å². The van der Waals surface area contributed by atoms with E-state index >= 15 is 0 Å². The molecule has 2 aliphatic rings. The second-order valence-electron chi connectivity index (χ2n) is 6.01. The van der Waals surface area contributed by atoms with Crippen LogP contribution in [0.4, 0.5) is 0 Å². The van der Waals surface area contributed by atoms with E-state index in [1.807, 2.05) is 0 Å². The molecule has 2 fully saturated rings. The maximum absolute atomic E-state index is 6.23. The van der Waals surface area contributed by atoms with E-state index in [1.54, 1.807) is 0 Å². The summed E-state index contributed by atoms with van der Waals surface area (Å²) in [7, 11) is 2.30. The van der Waals surface area contributed by atoms with Gasteiger partial charge in [0.25, 0.3) is 0 Å². The van der Waals surface area contributed by atoms with Gasteiger partial charge in [0.05, 0.1) is 0 Å². The van der Waals surface area contributed by atoms with Crippen LogP contribution in [0.1, 0.15) is 51.9 Å². The van der Waals surface area contributed by atoms with E-state index in [0.29, 0.717) is 11.5 Å². The summed E-state index contributed by atoms with van der Waals surface area (Å²) in [5.74, 6) is 0. The molecule has 2 rings (SSSR count). The molecule has 0 amide bonds. The molecule has 2 heteroatoms. The van der Waals surface area contributed by atoms with Crippen molar-refractivity contribution in [2.75, 3.05) is 13.6 Å². The van der Waals surface area contributed by atoms with E-state index in [1.165, 1.54) is 51.5 Å². The molecule has 2 nitrogen and oxygen atoms in total. The molecule has 2 saturated carbocycles. The summed E-state index contributed by atoms with van der Waals surface area (Å²) in [5.41, 5.74) is 6.62. The summed E-state index contributed by atoms with van der Waals surface area (Å²) in [6, 6.07) is 1.27. The Hall–Kier alpha value is -0.0800. The first-order chi connectivity index (χ1) is 7.12. The Labute approximate surface area is 94.2 Å². The predicted molar refractivity (Wildman–Crippen MR) is 64.8 cm³/mol. The Morgan fingerprint density at radius 2 is 1.87 bits per heavy atom. The van der Waals surface area contributed by atoms with Crippen LogP contribution in [0.25, 0.3) is 0 Å². The van der Waals surface area contributed by atoms with Crippen LogP contribution in [0.3, 0.4) is 0 Å². The minimum absolute atomic E-state index is 0.386. The molecule has 0 aliphatic heterocycles. The van der Waals surface area contributed by atoms with Gasteiger partial charge in [-0.2, -0.15) is 0 Å². The summed E-state index contributed by atoms with van der Waals surface area (Å²) < 4.78 is 0. The van der Waals surface area contributed by atoms with E-state index < -0.39 is 0 Å². The van der Waals surface area contributed by atoms with E-state index in [9.17, 15) is 0 Å². The molecule has 0 aromatic carbocycles. The zero-order chi connectivity index (χ0) is 10.9. The van der Waals surface area contributed by atoms with Gasteiger partial charge in [-0.15, -0.1) is 0 Å². The average molecular weight is 210 g/mol. The maximum atomic E-state index is 6.23. The minimum Gasteiger partial charge on any atom is -0.327 e. The second-order valence-corrected chi connectivity index (χ2v) is 6.01. The van der Waals surface area contributed by atoms with Gasteiger partial charge in [-0.05, 0) is 38.1 Å². The SMILES string of the molecule is CN(CC1(C)CCCC1N)C1CCCC1. The fourth-order valence-corrected chi connectivity index (χ4v) is 3.50. The van der Waals surface area contributed by atoms with Gasteiger partial charge in [0, 0.05) is 18.6 Å². The summed E-state index contributed by atoms with van der Waals surface area (Å²) in [4.78, 5) is 2.58. The van der Waals surface area contributed by atoms with Gasteiger partial charge >= 0.3 is 0 Å². The molecular weight excluding hydrogens is 184 g/mol. The van der Waals surface area contributed by atoms with Crippen LogP contribution in [0.15, 0.2) is 0 Å². The van der Waals surface area contributed by atoms with Crippen LogP contribution in [-0.2, 0) is 0 Å². The first-order valence-corrected chi connectivity index (χ1v) is 6.58. The highest BCUT2D eigenvalue weighted by molar-refractivity contribution is 4.94. The number of hydrogen-bond donors (Lipinski definition) is 1. The fourth-order valence-electron chi connectivity index (χ4n) is 3.50. The Kier molecular flexibility index (Phi) is 3.36. The first-order valence-electron chi connectivity index (χ1n) is 6.58. The van der Waals surface area contributed by atoms with Crippen LogP contribution < -0.4 is 5.73 Å². The molecule has 88 valence electrons. The van der Waals surface area contributed by atoms with E-state index in [4.69, 9.17) is 5.73 Å². The van der Waals surface area contributed by atoms with Crippen molar-refractivity contribution in [2.45, 2.75) is 64.0 Å². The van der Waals surface area contributed by atoms with E-state index in [2.05, 4.69) is 18.9 Å². The molecule has 15 heavy (non-hydrogen) atoms. The van der Waals surface area contributed by atoms with Gasteiger partial charge in [0.1, 0.15) is 0 Å². The molecule has 0 bridgehead atoms. The Morgan fingerprint density at radius 1 is 1.20 bits per heavy atom. The summed E-state index contributed by atoms with van der Waals surface area (Å²) in [6.45, 7) is 3.59. The van der Waals surface area contributed by atoms with Gasteiger partial charge in [-0.3, -0.25) is 0 Å². The molecular formula is C13H26N2. The normalized spacial score (nSPS) is 38.0. The fraction of sp³-hybridized carbons (Fsp3) is 1.00. The van der Waals surface area contributed by atoms with Gasteiger partial charge in [-0.25, -0.2) is 0 Å². The molecule has 0 aromatic heterocycles. The zero-order valence-electron chi connectivity index (χ0n) is 10.3. The summed E-state index contributed by atoms with van der Waals surface area (Å²) >= 11 is 0. The van der Waals surface area contributed by atoms with Crippen molar-refractivity contribution in [1.82, 2.24) is 4.90 Å². The lowest BCUT2D eigenvalue weighted by Crippen LogP contribution is -2.45. The van der Waals surface area contributed by atoms with Crippen molar-refractivity contribution in [3.05, 3.63) is 0 Å². The molecule has 0 saturated heterocycles. The monoisotopic (exact) mass is 210 g/mol. The third-order valence-electron chi connectivity index (χ3n) is 4.72. The third-order valence-corrected chi connectivity index (χ3v) is 4.72. The molecule has 2 aliphatic carbocycles.